The van der Waals surface area contributed by atoms with Crippen LogP contribution in [0.25, 0.3) is 11.0 Å². The maximum Gasteiger partial charge on any atom is 0.293 e. The minimum absolute atomic E-state index is 0.0162. The maximum atomic E-state index is 11.3. The third kappa shape index (κ3) is 3.71. The Hall–Kier alpha value is -1.62. The molecule has 2 aromatic rings. The predicted octanol–water partition coefficient (Wildman–Crippen LogP) is 2.73. The van der Waals surface area contributed by atoms with Crippen LogP contribution in [-0.2, 0) is 9.53 Å². The van der Waals surface area contributed by atoms with E-state index in [0.717, 1.165) is 4.47 Å². The zero-order valence-electron chi connectivity index (χ0n) is 9.18. The minimum atomic E-state index is -0.0162. The van der Waals surface area contributed by atoms with E-state index in [0.29, 0.717) is 24.0 Å². The monoisotopic (exact) mass is 298 g/mol. The molecule has 0 fully saturated rings. The van der Waals surface area contributed by atoms with Crippen LogP contribution in [0.15, 0.2) is 44.2 Å². The van der Waals surface area contributed by atoms with Crippen LogP contribution in [0.4, 0.5) is 0 Å². The lowest BCUT2D eigenvalue weighted by molar-refractivity contribution is -0.128. The highest BCUT2D eigenvalue weighted by atomic mass is 79.9. The molecule has 0 unspecified atom stereocenters. The van der Waals surface area contributed by atoms with Crippen LogP contribution in [-0.4, -0.2) is 13.1 Å². The molecule has 0 bridgehead atoms. The zero-order valence-corrected chi connectivity index (χ0v) is 10.8. The summed E-state index contributed by atoms with van der Waals surface area (Å²) in [6, 6.07) is 6.80. The van der Waals surface area contributed by atoms with Gasteiger partial charge in [0, 0.05) is 6.07 Å². The Balaban J connectivity index is 0.000000249. The van der Waals surface area contributed by atoms with Crippen LogP contribution in [0.2, 0.25) is 0 Å². The molecule has 0 aliphatic carbocycles. The van der Waals surface area contributed by atoms with E-state index in [9.17, 15) is 9.59 Å². The quantitative estimate of drug-likeness (QED) is 0.800. The van der Waals surface area contributed by atoms with Gasteiger partial charge < -0.3 is 9.15 Å². The van der Waals surface area contributed by atoms with Gasteiger partial charge in [-0.05, 0) is 35.0 Å². The molecule has 1 aromatic heterocycles. The molecular weight excluding hydrogens is 288 g/mol. The Morgan fingerprint density at radius 3 is 2.71 bits per heavy atom. The van der Waals surface area contributed by atoms with Crippen LogP contribution in [0.3, 0.4) is 0 Å². The molecule has 17 heavy (non-hydrogen) atoms. The summed E-state index contributed by atoms with van der Waals surface area (Å²) >= 11 is 3.30. The molecule has 5 heteroatoms. The second-order valence-electron chi connectivity index (χ2n) is 2.95. The number of fused-ring (bicyclic) bond motifs is 1. The molecule has 0 saturated heterocycles. The van der Waals surface area contributed by atoms with Crippen LogP contribution >= 0.6 is 15.9 Å². The molecule has 2 rings (SSSR count). The van der Waals surface area contributed by atoms with Gasteiger partial charge in [-0.2, -0.15) is 0 Å². The summed E-state index contributed by atoms with van der Waals surface area (Å²) < 4.78 is 10.1. The molecule has 4 nitrogen and oxygen atoms in total. The van der Waals surface area contributed by atoms with Crippen molar-refractivity contribution >= 4 is 33.4 Å². The smallest absolute Gasteiger partial charge is 0.293 e. The van der Waals surface area contributed by atoms with Crippen molar-refractivity contribution in [2.45, 2.75) is 6.92 Å². The standard InChI is InChI=1S/C9H5BrO2.C3H6O2/c10-7-3-1-2-6-8(11)4-5-12-9(6)7;1-2-5-3-4/h1-5H;3H,2H2,1H3. The maximum absolute atomic E-state index is 11.3. The van der Waals surface area contributed by atoms with E-state index >= 15 is 0 Å². The summed E-state index contributed by atoms with van der Waals surface area (Å²) in [7, 11) is 0. The van der Waals surface area contributed by atoms with Crippen molar-refractivity contribution < 1.29 is 13.9 Å². The lowest BCUT2D eigenvalue weighted by Crippen LogP contribution is -1.97. The fourth-order valence-electron chi connectivity index (χ4n) is 1.14. The van der Waals surface area contributed by atoms with Gasteiger partial charge in [0.05, 0.1) is 22.7 Å². The molecule has 0 spiro atoms. The predicted molar refractivity (Wildman–Crippen MR) is 67.9 cm³/mol. The van der Waals surface area contributed by atoms with Gasteiger partial charge >= 0.3 is 0 Å². The van der Waals surface area contributed by atoms with Crippen LogP contribution in [0.1, 0.15) is 6.92 Å². The molecule has 90 valence electrons. The van der Waals surface area contributed by atoms with E-state index in [1.54, 1.807) is 13.0 Å². The van der Waals surface area contributed by atoms with E-state index in [1.165, 1.54) is 12.3 Å². The largest absolute Gasteiger partial charge is 0.468 e. The Labute approximate surface area is 106 Å². The topological polar surface area (TPSA) is 56.5 Å². The number of hydrogen-bond acceptors (Lipinski definition) is 4. The Morgan fingerprint density at radius 2 is 2.18 bits per heavy atom. The first kappa shape index (κ1) is 13.4. The second kappa shape index (κ2) is 6.85. The molecule has 0 aliphatic rings. The summed E-state index contributed by atoms with van der Waals surface area (Å²) in [6.07, 6.45) is 1.40. The molecule has 0 atom stereocenters. The van der Waals surface area contributed by atoms with E-state index in [-0.39, 0.29) is 5.43 Å². The van der Waals surface area contributed by atoms with Crippen molar-refractivity contribution in [3.05, 3.63) is 45.2 Å². The summed E-state index contributed by atoms with van der Waals surface area (Å²) in [5.74, 6) is 0. The lowest BCUT2D eigenvalue weighted by atomic mass is 10.2. The zero-order chi connectivity index (χ0) is 12.7. The van der Waals surface area contributed by atoms with Crippen molar-refractivity contribution in [2.24, 2.45) is 0 Å². The average molecular weight is 299 g/mol. The first-order valence-corrected chi connectivity index (χ1v) is 5.71. The normalized spacial score (nSPS) is 9.29. The van der Waals surface area contributed by atoms with Crippen molar-refractivity contribution in [1.29, 1.82) is 0 Å². The van der Waals surface area contributed by atoms with Crippen LogP contribution < -0.4 is 5.43 Å². The van der Waals surface area contributed by atoms with Crippen LogP contribution in [0.5, 0.6) is 0 Å². The van der Waals surface area contributed by atoms with Crippen molar-refractivity contribution in [3.63, 3.8) is 0 Å². The SMILES string of the molecule is CCOC=O.O=c1ccoc2c(Br)cccc12. The van der Waals surface area contributed by atoms with Gasteiger partial charge in [0.15, 0.2) is 11.0 Å². The third-order valence-corrected chi connectivity index (χ3v) is 2.50. The summed E-state index contributed by atoms with van der Waals surface area (Å²) in [4.78, 5) is 20.4. The van der Waals surface area contributed by atoms with E-state index in [4.69, 9.17) is 4.42 Å². The molecule has 0 radical (unpaired) electrons. The molecule has 0 N–H and O–H groups in total. The van der Waals surface area contributed by atoms with Gasteiger partial charge in [-0.15, -0.1) is 0 Å². The third-order valence-electron chi connectivity index (χ3n) is 1.87. The number of halogens is 1. The van der Waals surface area contributed by atoms with Gasteiger partial charge in [0.2, 0.25) is 0 Å². The van der Waals surface area contributed by atoms with Crippen LogP contribution in [0, 0.1) is 0 Å². The first-order valence-electron chi connectivity index (χ1n) is 4.92. The first-order chi connectivity index (χ1) is 8.20. The number of carbonyl (C=O) groups excluding carboxylic acids is 1. The number of carbonyl (C=O) groups is 1. The molecule has 0 saturated carbocycles. The Morgan fingerprint density at radius 1 is 1.41 bits per heavy atom. The average Bonchev–Trinajstić information content (AvgIpc) is 2.33. The van der Waals surface area contributed by atoms with Crippen molar-refractivity contribution in [1.82, 2.24) is 0 Å². The van der Waals surface area contributed by atoms with Gasteiger partial charge in [-0.1, -0.05) is 6.07 Å². The number of ether oxygens (including phenoxy) is 1. The van der Waals surface area contributed by atoms with Gasteiger partial charge in [0.1, 0.15) is 0 Å². The number of hydrogen-bond donors (Lipinski definition) is 0. The number of rotatable bonds is 2. The summed E-state index contributed by atoms with van der Waals surface area (Å²) in [5.41, 5.74) is 0.586. The number of benzene rings is 1. The summed E-state index contributed by atoms with van der Waals surface area (Å²) in [6.45, 7) is 2.66. The van der Waals surface area contributed by atoms with E-state index < -0.39 is 0 Å². The fourth-order valence-corrected chi connectivity index (χ4v) is 1.60. The van der Waals surface area contributed by atoms with E-state index in [2.05, 4.69) is 20.7 Å². The molecular formula is C12H11BrO4. The van der Waals surface area contributed by atoms with Gasteiger partial charge in [-0.25, -0.2) is 0 Å². The molecule has 0 amide bonds. The van der Waals surface area contributed by atoms with Gasteiger partial charge in [-0.3, -0.25) is 9.59 Å². The second-order valence-corrected chi connectivity index (χ2v) is 3.81. The minimum Gasteiger partial charge on any atom is -0.468 e. The molecule has 0 aliphatic heterocycles. The molecule has 1 aromatic carbocycles. The Bertz CT molecular complexity index is 547. The molecule has 1 heterocycles. The highest BCUT2D eigenvalue weighted by molar-refractivity contribution is 9.10. The highest BCUT2D eigenvalue weighted by Gasteiger charge is 2.01. The fraction of sp³-hybridized carbons (Fsp3) is 0.167. The lowest BCUT2D eigenvalue weighted by Gasteiger charge is -1.95. The highest BCUT2D eigenvalue weighted by Crippen LogP contribution is 2.20. The Kier molecular flexibility index (Phi) is 5.42. The summed E-state index contributed by atoms with van der Waals surface area (Å²) in [5, 5.41) is 0.604. The van der Waals surface area contributed by atoms with E-state index in [1.807, 2.05) is 12.1 Å². The van der Waals surface area contributed by atoms with Crippen molar-refractivity contribution in [2.75, 3.05) is 6.61 Å². The van der Waals surface area contributed by atoms with Crippen molar-refractivity contribution in [3.8, 4) is 0 Å². The number of para-hydroxylation sites is 1. The van der Waals surface area contributed by atoms with Gasteiger partial charge in [0.25, 0.3) is 6.47 Å².